The number of imide groups is 1. The summed E-state index contributed by atoms with van der Waals surface area (Å²) in [6.45, 7) is 2.69. The molecule has 0 heterocycles. The summed E-state index contributed by atoms with van der Waals surface area (Å²) in [6.07, 6.45) is -1.06. The number of nitrogens with one attached hydrogen (secondary N) is 2. The van der Waals surface area contributed by atoms with Gasteiger partial charge in [0, 0.05) is 12.6 Å². The molecule has 0 fully saturated rings. The van der Waals surface area contributed by atoms with Crippen molar-refractivity contribution in [2.24, 2.45) is 0 Å². The summed E-state index contributed by atoms with van der Waals surface area (Å²) in [6, 6.07) is 3.00. The first-order valence-electron chi connectivity index (χ1n) is 5.85. The van der Waals surface area contributed by atoms with Crippen LogP contribution in [0.4, 0.5) is 9.18 Å². The van der Waals surface area contributed by atoms with Crippen LogP contribution in [0, 0.1) is 5.82 Å². The molecular weight excluding hydrogens is 267 g/mol. The van der Waals surface area contributed by atoms with E-state index in [0.717, 1.165) is 6.07 Å². The third kappa shape index (κ3) is 4.04. The zero-order valence-electron chi connectivity index (χ0n) is 11.3. The van der Waals surface area contributed by atoms with Gasteiger partial charge in [-0.2, -0.15) is 0 Å². The molecule has 1 unspecified atom stereocenters. The molecule has 1 aromatic carbocycles. The van der Waals surface area contributed by atoms with Crippen LogP contribution in [0.15, 0.2) is 18.2 Å². The van der Waals surface area contributed by atoms with Crippen molar-refractivity contribution in [1.82, 2.24) is 10.6 Å². The number of urea groups is 1. The molecule has 20 heavy (non-hydrogen) atoms. The summed E-state index contributed by atoms with van der Waals surface area (Å²) in [7, 11) is 1.36. The number of hydrogen-bond acceptors (Lipinski definition) is 4. The van der Waals surface area contributed by atoms with E-state index in [1.165, 1.54) is 33.0 Å². The SMILES string of the molecule is CNC(=O)NC(=O)C(C)Oc1ccc(C(C)=O)cc1F. The minimum atomic E-state index is -1.06. The number of carbonyl (C=O) groups excluding carboxylic acids is 3. The fourth-order valence-electron chi connectivity index (χ4n) is 1.34. The Balaban J connectivity index is 2.75. The molecule has 6 nitrogen and oxygen atoms in total. The van der Waals surface area contributed by atoms with E-state index in [4.69, 9.17) is 4.74 Å². The van der Waals surface area contributed by atoms with Gasteiger partial charge < -0.3 is 10.1 Å². The van der Waals surface area contributed by atoms with E-state index in [9.17, 15) is 18.8 Å². The molecule has 0 aliphatic carbocycles. The molecule has 0 bridgehead atoms. The molecule has 0 aliphatic rings. The maximum Gasteiger partial charge on any atom is 0.321 e. The summed E-state index contributed by atoms with van der Waals surface area (Å²) in [4.78, 5) is 33.6. The third-order valence-corrected chi connectivity index (χ3v) is 2.48. The number of ether oxygens (including phenoxy) is 1. The van der Waals surface area contributed by atoms with E-state index >= 15 is 0 Å². The summed E-state index contributed by atoms with van der Waals surface area (Å²) in [5.74, 6) is -1.91. The van der Waals surface area contributed by atoms with Crippen molar-refractivity contribution in [3.63, 3.8) is 0 Å². The molecule has 1 atom stereocenters. The Labute approximate surface area is 115 Å². The van der Waals surface area contributed by atoms with Crippen molar-refractivity contribution in [3.8, 4) is 5.75 Å². The maximum absolute atomic E-state index is 13.7. The second-order valence-corrected chi connectivity index (χ2v) is 4.03. The van der Waals surface area contributed by atoms with Gasteiger partial charge in [0.25, 0.3) is 5.91 Å². The number of rotatable bonds is 4. The number of amides is 3. The van der Waals surface area contributed by atoms with Crippen LogP contribution in [0.2, 0.25) is 0 Å². The lowest BCUT2D eigenvalue weighted by molar-refractivity contribution is -0.126. The van der Waals surface area contributed by atoms with Crippen LogP contribution in [-0.2, 0) is 4.79 Å². The molecule has 0 aliphatic heterocycles. The minimum Gasteiger partial charge on any atom is -0.478 e. The van der Waals surface area contributed by atoms with E-state index < -0.39 is 23.9 Å². The Bertz CT molecular complexity index is 545. The highest BCUT2D eigenvalue weighted by Gasteiger charge is 2.18. The van der Waals surface area contributed by atoms with E-state index in [2.05, 4.69) is 5.32 Å². The van der Waals surface area contributed by atoms with Crippen LogP contribution in [0.25, 0.3) is 0 Å². The molecule has 108 valence electrons. The second-order valence-electron chi connectivity index (χ2n) is 4.03. The lowest BCUT2D eigenvalue weighted by Crippen LogP contribution is -2.44. The fourth-order valence-corrected chi connectivity index (χ4v) is 1.34. The Morgan fingerprint density at radius 2 is 1.95 bits per heavy atom. The van der Waals surface area contributed by atoms with Crippen molar-refractivity contribution in [2.45, 2.75) is 20.0 Å². The van der Waals surface area contributed by atoms with Gasteiger partial charge in [-0.3, -0.25) is 14.9 Å². The van der Waals surface area contributed by atoms with Crippen molar-refractivity contribution in [3.05, 3.63) is 29.6 Å². The van der Waals surface area contributed by atoms with E-state index in [-0.39, 0.29) is 17.1 Å². The molecule has 0 aromatic heterocycles. The molecule has 7 heteroatoms. The van der Waals surface area contributed by atoms with Crippen LogP contribution < -0.4 is 15.4 Å². The highest BCUT2D eigenvalue weighted by molar-refractivity contribution is 5.96. The average Bonchev–Trinajstić information content (AvgIpc) is 2.40. The van der Waals surface area contributed by atoms with Crippen molar-refractivity contribution in [2.75, 3.05) is 7.05 Å². The number of halogens is 1. The smallest absolute Gasteiger partial charge is 0.321 e. The van der Waals surface area contributed by atoms with Gasteiger partial charge >= 0.3 is 6.03 Å². The normalized spacial score (nSPS) is 11.4. The summed E-state index contributed by atoms with van der Waals surface area (Å²) >= 11 is 0. The van der Waals surface area contributed by atoms with Gasteiger partial charge in [-0.15, -0.1) is 0 Å². The quantitative estimate of drug-likeness (QED) is 0.814. The van der Waals surface area contributed by atoms with Crippen molar-refractivity contribution >= 4 is 17.7 Å². The van der Waals surface area contributed by atoms with Crippen LogP contribution >= 0.6 is 0 Å². The van der Waals surface area contributed by atoms with Crippen LogP contribution in [0.1, 0.15) is 24.2 Å². The molecular formula is C13H15FN2O4. The van der Waals surface area contributed by atoms with Gasteiger partial charge in [0.05, 0.1) is 0 Å². The first kappa shape index (κ1) is 15.6. The van der Waals surface area contributed by atoms with Gasteiger partial charge in [-0.1, -0.05) is 0 Å². The lowest BCUT2D eigenvalue weighted by Gasteiger charge is -2.14. The Morgan fingerprint density at radius 1 is 1.30 bits per heavy atom. The number of benzene rings is 1. The number of carbonyl (C=O) groups is 3. The monoisotopic (exact) mass is 282 g/mol. The molecule has 0 radical (unpaired) electrons. The summed E-state index contributed by atoms with van der Waals surface area (Å²) in [5, 5.41) is 4.22. The number of Topliss-reactive ketones (excluding diaryl/α,β-unsaturated/α-hetero) is 1. The van der Waals surface area contributed by atoms with Crippen LogP contribution in [-0.4, -0.2) is 30.9 Å². The van der Waals surface area contributed by atoms with Gasteiger partial charge in [0.2, 0.25) is 0 Å². The van der Waals surface area contributed by atoms with Crippen LogP contribution in [0.3, 0.4) is 0 Å². The van der Waals surface area contributed by atoms with Crippen molar-refractivity contribution in [1.29, 1.82) is 0 Å². The first-order chi connectivity index (χ1) is 9.35. The number of ketones is 1. The van der Waals surface area contributed by atoms with E-state index in [1.807, 2.05) is 5.32 Å². The van der Waals surface area contributed by atoms with Gasteiger partial charge in [0.1, 0.15) is 0 Å². The predicted octanol–water partition coefficient (Wildman–Crippen LogP) is 1.25. The standard InChI is InChI=1S/C13H15FN2O4/c1-7(17)9-4-5-11(10(14)6-9)20-8(2)12(18)16-13(19)15-3/h4-6,8H,1-3H3,(H2,15,16,18,19). The first-order valence-corrected chi connectivity index (χ1v) is 5.85. The van der Waals surface area contributed by atoms with Gasteiger partial charge in [-0.25, -0.2) is 9.18 Å². The Kier molecular flexibility index (Phi) is 5.19. The molecule has 1 rings (SSSR count). The molecule has 0 saturated carbocycles. The molecule has 0 saturated heterocycles. The van der Waals surface area contributed by atoms with Gasteiger partial charge in [-0.05, 0) is 32.0 Å². The predicted molar refractivity (Wildman–Crippen MR) is 69.1 cm³/mol. The molecule has 2 N–H and O–H groups in total. The molecule has 0 spiro atoms. The van der Waals surface area contributed by atoms with Crippen molar-refractivity contribution < 1.29 is 23.5 Å². The minimum absolute atomic E-state index is 0.172. The zero-order valence-corrected chi connectivity index (χ0v) is 11.3. The molecule has 1 aromatic rings. The highest BCUT2D eigenvalue weighted by atomic mass is 19.1. The third-order valence-electron chi connectivity index (χ3n) is 2.48. The van der Waals surface area contributed by atoms with Crippen LogP contribution in [0.5, 0.6) is 5.75 Å². The topological polar surface area (TPSA) is 84.5 Å². The zero-order chi connectivity index (χ0) is 15.3. The average molecular weight is 282 g/mol. The Hall–Kier alpha value is -2.44. The fraction of sp³-hybridized carbons (Fsp3) is 0.308. The number of hydrogen-bond donors (Lipinski definition) is 2. The summed E-state index contributed by atoms with van der Waals surface area (Å²) in [5.41, 5.74) is 0.206. The molecule has 3 amide bonds. The summed E-state index contributed by atoms with van der Waals surface area (Å²) < 4.78 is 18.8. The second kappa shape index (κ2) is 6.65. The highest BCUT2D eigenvalue weighted by Crippen LogP contribution is 2.20. The maximum atomic E-state index is 13.7. The largest absolute Gasteiger partial charge is 0.478 e. The lowest BCUT2D eigenvalue weighted by atomic mass is 10.1. The van der Waals surface area contributed by atoms with E-state index in [1.54, 1.807) is 0 Å². The Morgan fingerprint density at radius 3 is 2.45 bits per heavy atom. The van der Waals surface area contributed by atoms with E-state index in [0.29, 0.717) is 0 Å². The van der Waals surface area contributed by atoms with Gasteiger partial charge in [0.15, 0.2) is 23.5 Å².